The second-order valence-corrected chi connectivity index (χ2v) is 7.53. The molecule has 2 amide bonds. The number of carbonyl (C=O) groups excluding carboxylic acids is 1. The molecule has 0 saturated carbocycles. The van der Waals surface area contributed by atoms with Crippen molar-refractivity contribution in [3.63, 3.8) is 0 Å². The van der Waals surface area contributed by atoms with Crippen molar-refractivity contribution in [1.82, 2.24) is 14.7 Å². The van der Waals surface area contributed by atoms with E-state index in [1.165, 1.54) is 5.56 Å². The Balaban J connectivity index is 1.44. The molecular formula is C21H28N4O3. The first-order chi connectivity index (χ1) is 13.7. The van der Waals surface area contributed by atoms with Gasteiger partial charge in [0.15, 0.2) is 0 Å². The number of anilines is 1. The number of hydrogen-bond donors (Lipinski definition) is 1. The summed E-state index contributed by atoms with van der Waals surface area (Å²) in [5, 5.41) is 7.48. The predicted molar refractivity (Wildman–Crippen MR) is 106 cm³/mol. The van der Waals surface area contributed by atoms with Gasteiger partial charge in [0.1, 0.15) is 5.82 Å². The lowest BCUT2D eigenvalue weighted by atomic mass is 9.96. The maximum atomic E-state index is 13.0. The number of hydrogen-bond acceptors (Lipinski definition) is 4. The van der Waals surface area contributed by atoms with Crippen molar-refractivity contribution in [2.45, 2.75) is 43.9 Å². The molecule has 1 aromatic carbocycles. The van der Waals surface area contributed by atoms with Crippen molar-refractivity contribution in [2.75, 3.05) is 25.6 Å². The average Bonchev–Trinajstić information content (AvgIpc) is 3.30. The second-order valence-electron chi connectivity index (χ2n) is 7.53. The molecule has 1 N–H and O–H groups in total. The molecule has 2 aliphatic heterocycles. The largest absolute Gasteiger partial charge is 0.384 e. The fourth-order valence-corrected chi connectivity index (χ4v) is 4.23. The minimum Gasteiger partial charge on any atom is -0.384 e. The number of fused-ring (bicyclic) bond motifs is 1. The highest BCUT2D eigenvalue weighted by atomic mass is 16.5. The maximum absolute atomic E-state index is 13.0. The molecule has 0 unspecified atom stereocenters. The molecule has 2 fully saturated rings. The molecule has 7 nitrogen and oxygen atoms in total. The number of nitrogens with zero attached hydrogens (tertiary/aromatic N) is 3. The van der Waals surface area contributed by atoms with E-state index in [4.69, 9.17) is 9.47 Å². The van der Waals surface area contributed by atoms with Crippen LogP contribution in [0, 0.1) is 0 Å². The highest BCUT2D eigenvalue weighted by molar-refractivity contribution is 5.88. The monoisotopic (exact) mass is 384 g/mol. The lowest BCUT2D eigenvalue weighted by Crippen LogP contribution is -2.50. The summed E-state index contributed by atoms with van der Waals surface area (Å²) < 4.78 is 13.1. The molecule has 2 saturated heterocycles. The molecule has 28 heavy (non-hydrogen) atoms. The third kappa shape index (κ3) is 3.91. The van der Waals surface area contributed by atoms with Crippen molar-refractivity contribution in [3.8, 4) is 0 Å². The number of benzene rings is 1. The Morgan fingerprint density at radius 3 is 2.96 bits per heavy atom. The number of methoxy groups -OCH3 is 1. The Kier molecular flexibility index (Phi) is 5.64. The summed E-state index contributed by atoms with van der Waals surface area (Å²) >= 11 is 0. The van der Waals surface area contributed by atoms with Gasteiger partial charge in [-0.2, -0.15) is 5.10 Å². The third-order valence-corrected chi connectivity index (χ3v) is 5.67. The zero-order valence-corrected chi connectivity index (χ0v) is 16.5. The summed E-state index contributed by atoms with van der Waals surface area (Å²) in [4.78, 5) is 15.0. The lowest BCUT2D eigenvalue weighted by Gasteiger charge is -2.36. The summed E-state index contributed by atoms with van der Waals surface area (Å²) in [7, 11) is 3.51. The Bertz CT molecular complexity index is 807. The number of nitrogens with one attached hydrogen (secondary N) is 1. The van der Waals surface area contributed by atoms with Gasteiger partial charge in [-0.05, 0) is 18.4 Å². The van der Waals surface area contributed by atoms with Crippen molar-refractivity contribution >= 4 is 11.8 Å². The SMILES string of the molecule is COCCc1cc(NC(=O)N2CCC[C@@H]3O[C@H](c4ccccc4)C[C@@H]32)n(C)n1. The number of ether oxygens (including phenoxy) is 2. The Morgan fingerprint density at radius 1 is 1.36 bits per heavy atom. The minimum atomic E-state index is -0.0756. The van der Waals surface area contributed by atoms with Crippen LogP contribution in [0.5, 0.6) is 0 Å². The van der Waals surface area contributed by atoms with Crippen LogP contribution in [-0.4, -0.2) is 53.1 Å². The number of aryl methyl sites for hydroxylation is 1. The van der Waals surface area contributed by atoms with Crippen molar-refractivity contribution in [2.24, 2.45) is 7.05 Å². The van der Waals surface area contributed by atoms with Crippen LogP contribution in [0.4, 0.5) is 10.6 Å². The van der Waals surface area contributed by atoms with Gasteiger partial charge in [0.25, 0.3) is 0 Å². The van der Waals surface area contributed by atoms with Crippen LogP contribution in [0.1, 0.15) is 36.6 Å². The van der Waals surface area contributed by atoms with Gasteiger partial charge in [0, 0.05) is 39.6 Å². The number of rotatable bonds is 5. The molecule has 2 aromatic rings. The summed E-state index contributed by atoms with van der Waals surface area (Å²) in [6, 6.07) is 12.2. The topological polar surface area (TPSA) is 68.6 Å². The van der Waals surface area contributed by atoms with Gasteiger partial charge in [0.2, 0.25) is 0 Å². The molecular weight excluding hydrogens is 356 g/mol. The van der Waals surface area contributed by atoms with E-state index in [9.17, 15) is 4.79 Å². The van der Waals surface area contributed by atoms with E-state index >= 15 is 0 Å². The predicted octanol–water partition coefficient (Wildman–Crippen LogP) is 3.14. The molecule has 3 heterocycles. The zero-order chi connectivity index (χ0) is 19.5. The van der Waals surface area contributed by atoms with Gasteiger partial charge in [-0.3, -0.25) is 10.00 Å². The molecule has 3 atom stereocenters. The van der Waals surface area contributed by atoms with Gasteiger partial charge >= 0.3 is 6.03 Å². The van der Waals surface area contributed by atoms with Crippen LogP contribution < -0.4 is 5.32 Å². The molecule has 150 valence electrons. The van der Waals surface area contributed by atoms with Crippen LogP contribution in [0.3, 0.4) is 0 Å². The number of carbonyl (C=O) groups is 1. The molecule has 2 aliphatic rings. The first kappa shape index (κ1) is 19.0. The number of likely N-dealkylation sites (tertiary alicyclic amines) is 1. The number of urea groups is 1. The van der Waals surface area contributed by atoms with E-state index in [1.807, 2.05) is 36.2 Å². The van der Waals surface area contributed by atoms with E-state index in [1.54, 1.807) is 11.8 Å². The Labute approximate surface area is 165 Å². The van der Waals surface area contributed by atoms with E-state index in [0.29, 0.717) is 12.4 Å². The van der Waals surface area contributed by atoms with Crippen LogP contribution in [0.15, 0.2) is 36.4 Å². The fourth-order valence-electron chi connectivity index (χ4n) is 4.23. The average molecular weight is 384 g/mol. The second kappa shape index (κ2) is 8.32. The summed E-state index contributed by atoms with van der Waals surface area (Å²) in [6.45, 7) is 1.37. The van der Waals surface area contributed by atoms with Crippen LogP contribution in [-0.2, 0) is 22.9 Å². The number of amides is 2. The van der Waals surface area contributed by atoms with E-state index < -0.39 is 0 Å². The fraction of sp³-hybridized carbons (Fsp3) is 0.524. The first-order valence-electron chi connectivity index (χ1n) is 9.95. The van der Waals surface area contributed by atoms with Crippen molar-refractivity contribution < 1.29 is 14.3 Å². The summed E-state index contributed by atoms with van der Waals surface area (Å²) in [6.07, 6.45) is 3.69. The summed E-state index contributed by atoms with van der Waals surface area (Å²) in [5.74, 6) is 0.705. The Hall–Kier alpha value is -2.38. The molecule has 0 aliphatic carbocycles. The Morgan fingerprint density at radius 2 is 2.18 bits per heavy atom. The molecule has 1 aromatic heterocycles. The van der Waals surface area contributed by atoms with Gasteiger partial charge in [0.05, 0.1) is 30.6 Å². The molecule has 4 rings (SSSR count). The summed E-state index contributed by atoms with van der Waals surface area (Å²) in [5.41, 5.74) is 2.09. The van der Waals surface area contributed by atoms with Gasteiger partial charge in [-0.1, -0.05) is 30.3 Å². The standard InChI is InChI=1S/C21H28N4O3/c1-24-20(13-16(23-24)10-12-27-2)22-21(26)25-11-6-9-18-17(25)14-19(28-18)15-7-4-3-5-8-15/h3-5,7-8,13,17-19H,6,9-12,14H2,1-2H3,(H,22,26)/t17-,18-,19-/m0/s1. The van der Waals surface area contributed by atoms with Gasteiger partial charge < -0.3 is 14.4 Å². The first-order valence-corrected chi connectivity index (χ1v) is 9.95. The van der Waals surface area contributed by atoms with Crippen molar-refractivity contribution in [3.05, 3.63) is 47.7 Å². The lowest BCUT2D eigenvalue weighted by molar-refractivity contribution is 0.00678. The highest BCUT2D eigenvalue weighted by Crippen LogP contribution is 2.39. The zero-order valence-electron chi connectivity index (χ0n) is 16.5. The van der Waals surface area contributed by atoms with Gasteiger partial charge in [-0.15, -0.1) is 0 Å². The van der Waals surface area contributed by atoms with Crippen LogP contribution in [0.2, 0.25) is 0 Å². The van der Waals surface area contributed by atoms with Crippen molar-refractivity contribution in [1.29, 1.82) is 0 Å². The third-order valence-electron chi connectivity index (χ3n) is 5.67. The molecule has 0 bridgehead atoms. The smallest absolute Gasteiger partial charge is 0.323 e. The molecule has 0 spiro atoms. The van der Waals surface area contributed by atoms with Crippen LogP contribution >= 0.6 is 0 Å². The van der Waals surface area contributed by atoms with E-state index in [-0.39, 0.29) is 24.3 Å². The maximum Gasteiger partial charge on any atom is 0.323 e. The van der Waals surface area contributed by atoms with Gasteiger partial charge in [-0.25, -0.2) is 4.79 Å². The van der Waals surface area contributed by atoms with Crippen LogP contribution in [0.25, 0.3) is 0 Å². The quantitative estimate of drug-likeness (QED) is 0.860. The van der Waals surface area contributed by atoms with E-state index in [2.05, 4.69) is 22.5 Å². The molecule has 7 heteroatoms. The number of aromatic nitrogens is 2. The number of piperidine rings is 1. The minimum absolute atomic E-state index is 0.0574. The van der Waals surface area contributed by atoms with E-state index in [0.717, 1.165) is 37.9 Å². The highest BCUT2D eigenvalue weighted by Gasteiger charge is 2.43. The molecule has 0 radical (unpaired) electrons. The normalized spacial score (nSPS) is 24.2.